The van der Waals surface area contributed by atoms with Crippen molar-refractivity contribution in [3.8, 4) is 0 Å². The average molecular weight is 831 g/mol. The molecule has 0 spiro atoms. The second kappa shape index (κ2) is 51.5. The molecule has 0 aliphatic rings. The van der Waals surface area contributed by atoms with Crippen LogP contribution in [0.5, 0.6) is 0 Å². The van der Waals surface area contributed by atoms with Crippen LogP contribution >= 0.6 is 0 Å². The highest BCUT2D eigenvalue weighted by molar-refractivity contribution is 5.98. The van der Waals surface area contributed by atoms with Crippen LogP contribution in [0.15, 0.2) is 0 Å². The first-order valence-electron chi connectivity index (χ1n) is 27.9. The molecular weight excluding hydrogens is 721 g/mol. The number of Topliss-reactive ketones (excluding diaryl/α,β-unsaturated/α-hetero) is 1. The summed E-state index contributed by atoms with van der Waals surface area (Å²) in [5.41, 5.74) is 0. The first-order chi connectivity index (χ1) is 29.1. The summed E-state index contributed by atoms with van der Waals surface area (Å²) in [5.74, 6) is -1.70. The number of carboxylic acids is 1. The molecular formula is C56H110O3. The lowest BCUT2D eigenvalue weighted by molar-refractivity contribution is -0.146. The zero-order valence-electron chi connectivity index (χ0n) is 40.9. The van der Waals surface area contributed by atoms with Gasteiger partial charge in [0.2, 0.25) is 0 Å². The van der Waals surface area contributed by atoms with Crippen molar-refractivity contribution in [1.82, 2.24) is 0 Å². The van der Waals surface area contributed by atoms with E-state index in [-0.39, 0.29) is 5.78 Å². The second-order valence-electron chi connectivity index (χ2n) is 19.5. The maximum Gasteiger partial charge on any atom is 0.314 e. The Balaban J connectivity index is 3.40. The third-order valence-electron chi connectivity index (χ3n) is 13.6. The van der Waals surface area contributed by atoms with Crippen molar-refractivity contribution in [3.63, 3.8) is 0 Å². The van der Waals surface area contributed by atoms with Gasteiger partial charge in [-0.05, 0) is 12.8 Å². The van der Waals surface area contributed by atoms with Gasteiger partial charge >= 0.3 is 5.97 Å². The molecule has 0 aromatic carbocycles. The molecule has 59 heavy (non-hydrogen) atoms. The van der Waals surface area contributed by atoms with Crippen LogP contribution in [-0.2, 0) is 9.59 Å². The number of carbonyl (C=O) groups excluding carboxylic acids is 1. The number of unbranched alkanes of at least 4 members (excludes halogenated alkanes) is 47. The topological polar surface area (TPSA) is 54.4 Å². The Morgan fingerprint density at radius 3 is 0.627 bits per heavy atom. The third-order valence-corrected chi connectivity index (χ3v) is 13.6. The second-order valence-corrected chi connectivity index (χ2v) is 19.5. The standard InChI is InChI=1S/C56H110O3/c1-3-5-7-9-11-13-15-17-19-21-23-25-27-29-31-33-35-37-39-41-43-45-47-49-51-53-55(57)54(56(58)59)52-50-48-46-44-42-40-38-36-34-32-30-28-26-24-22-20-18-16-14-12-10-8-6-4-2/h54H,3-53H2,1-2H3,(H,58,59). The Kier molecular flexibility index (Phi) is 50.7. The van der Waals surface area contributed by atoms with Crippen LogP contribution in [0.2, 0.25) is 0 Å². The molecule has 0 radical (unpaired) electrons. The van der Waals surface area contributed by atoms with Gasteiger partial charge in [-0.3, -0.25) is 9.59 Å². The third kappa shape index (κ3) is 48.0. The Labute approximate surface area is 372 Å². The van der Waals surface area contributed by atoms with E-state index in [4.69, 9.17) is 0 Å². The number of rotatable bonds is 53. The molecule has 0 saturated carbocycles. The molecule has 1 unspecified atom stereocenters. The predicted octanol–water partition coefficient (Wildman–Crippen LogP) is 20.2. The highest BCUT2D eigenvalue weighted by Crippen LogP contribution is 2.20. The first kappa shape index (κ1) is 58.1. The molecule has 0 aliphatic carbocycles. The molecule has 1 N–H and O–H groups in total. The van der Waals surface area contributed by atoms with Gasteiger partial charge < -0.3 is 5.11 Å². The van der Waals surface area contributed by atoms with Crippen LogP contribution in [0.25, 0.3) is 0 Å². The molecule has 0 amide bonds. The van der Waals surface area contributed by atoms with E-state index in [1.807, 2.05) is 0 Å². The molecule has 3 heteroatoms. The summed E-state index contributed by atoms with van der Waals surface area (Å²) in [5, 5.41) is 9.70. The van der Waals surface area contributed by atoms with Gasteiger partial charge in [0.15, 0.2) is 0 Å². The monoisotopic (exact) mass is 831 g/mol. The van der Waals surface area contributed by atoms with Gasteiger partial charge in [-0.1, -0.05) is 322 Å². The Morgan fingerprint density at radius 2 is 0.441 bits per heavy atom. The number of hydrogen-bond acceptors (Lipinski definition) is 2. The van der Waals surface area contributed by atoms with E-state index in [1.54, 1.807) is 0 Å². The number of carbonyl (C=O) groups is 2. The van der Waals surface area contributed by atoms with Crippen molar-refractivity contribution in [3.05, 3.63) is 0 Å². The van der Waals surface area contributed by atoms with Crippen LogP contribution < -0.4 is 0 Å². The minimum atomic E-state index is -0.899. The molecule has 0 aromatic heterocycles. The van der Waals surface area contributed by atoms with Crippen LogP contribution in [-0.4, -0.2) is 16.9 Å². The van der Waals surface area contributed by atoms with Gasteiger partial charge in [-0.25, -0.2) is 0 Å². The van der Waals surface area contributed by atoms with Crippen molar-refractivity contribution in [2.45, 2.75) is 341 Å². The fourth-order valence-electron chi connectivity index (χ4n) is 9.35. The van der Waals surface area contributed by atoms with Crippen molar-refractivity contribution >= 4 is 11.8 Å². The Hall–Kier alpha value is -0.860. The number of carboxylic acid groups (broad SMARTS) is 1. The average Bonchev–Trinajstić information content (AvgIpc) is 3.23. The van der Waals surface area contributed by atoms with E-state index >= 15 is 0 Å². The van der Waals surface area contributed by atoms with Crippen molar-refractivity contribution in [2.24, 2.45) is 5.92 Å². The smallest absolute Gasteiger partial charge is 0.314 e. The Morgan fingerprint density at radius 1 is 0.271 bits per heavy atom. The van der Waals surface area contributed by atoms with Gasteiger partial charge in [0.25, 0.3) is 0 Å². The molecule has 0 aromatic rings. The van der Waals surface area contributed by atoms with E-state index in [2.05, 4.69) is 13.8 Å². The largest absolute Gasteiger partial charge is 0.481 e. The van der Waals surface area contributed by atoms with E-state index in [0.29, 0.717) is 12.8 Å². The lowest BCUT2D eigenvalue weighted by Gasteiger charge is -2.11. The summed E-state index contributed by atoms with van der Waals surface area (Å²) in [7, 11) is 0. The molecule has 0 saturated heterocycles. The van der Waals surface area contributed by atoms with Crippen molar-refractivity contribution < 1.29 is 14.7 Å². The zero-order chi connectivity index (χ0) is 42.8. The SMILES string of the molecule is CCCCCCCCCCCCCCCCCCCCCCCCCCCC(=O)C(CCCCCCCCCCCCCCCCCCCCCCCCCC)C(=O)O. The van der Waals surface area contributed by atoms with Crippen LogP contribution in [0.1, 0.15) is 341 Å². The lowest BCUT2D eigenvalue weighted by atomic mass is 9.93. The fraction of sp³-hybridized carbons (Fsp3) is 0.964. The molecule has 0 heterocycles. The van der Waals surface area contributed by atoms with Crippen molar-refractivity contribution in [1.29, 1.82) is 0 Å². The zero-order valence-corrected chi connectivity index (χ0v) is 40.9. The fourth-order valence-corrected chi connectivity index (χ4v) is 9.35. The van der Waals surface area contributed by atoms with Gasteiger partial charge in [0, 0.05) is 6.42 Å². The van der Waals surface area contributed by atoms with E-state index < -0.39 is 11.9 Å². The summed E-state index contributed by atoms with van der Waals surface area (Å²) >= 11 is 0. The lowest BCUT2D eigenvalue weighted by Crippen LogP contribution is -2.23. The highest BCUT2D eigenvalue weighted by Gasteiger charge is 2.24. The van der Waals surface area contributed by atoms with E-state index in [0.717, 1.165) is 25.7 Å². The molecule has 1 atom stereocenters. The van der Waals surface area contributed by atoms with Crippen LogP contribution in [0.3, 0.4) is 0 Å². The summed E-state index contributed by atoms with van der Waals surface area (Å²) in [6.07, 6.45) is 68.1. The quantitative estimate of drug-likeness (QED) is 0.0491. The molecule has 352 valence electrons. The molecule has 0 aliphatic heterocycles. The molecule has 0 bridgehead atoms. The summed E-state index contributed by atoms with van der Waals surface area (Å²) in [6.45, 7) is 4.60. The van der Waals surface area contributed by atoms with Crippen LogP contribution in [0, 0.1) is 5.92 Å². The van der Waals surface area contributed by atoms with E-state index in [9.17, 15) is 14.7 Å². The first-order valence-corrected chi connectivity index (χ1v) is 27.9. The summed E-state index contributed by atoms with van der Waals surface area (Å²) in [6, 6.07) is 0. The molecule has 0 rings (SSSR count). The Bertz CT molecular complexity index is 807. The number of ketones is 1. The van der Waals surface area contributed by atoms with Gasteiger partial charge in [-0.15, -0.1) is 0 Å². The molecule has 3 nitrogen and oxygen atoms in total. The minimum absolute atomic E-state index is 0.0272. The maximum absolute atomic E-state index is 12.7. The normalized spacial score (nSPS) is 12.1. The minimum Gasteiger partial charge on any atom is -0.481 e. The van der Waals surface area contributed by atoms with Gasteiger partial charge in [-0.2, -0.15) is 0 Å². The highest BCUT2D eigenvalue weighted by atomic mass is 16.4. The number of hydrogen-bond donors (Lipinski definition) is 1. The van der Waals surface area contributed by atoms with Crippen LogP contribution in [0.4, 0.5) is 0 Å². The van der Waals surface area contributed by atoms with Crippen molar-refractivity contribution in [2.75, 3.05) is 0 Å². The summed E-state index contributed by atoms with van der Waals surface area (Å²) in [4.78, 5) is 24.5. The van der Waals surface area contributed by atoms with E-state index in [1.165, 1.54) is 289 Å². The van der Waals surface area contributed by atoms with Gasteiger partial charge in [0.1, 0.15) is 11.7 Å². The summed E-state index contributed by atoms with van der Waals surface area (Å²) < 4.78 is 0. The predicted molar refractivity (Wildman–Crippen MR) is 263 cm³/mol. The van der Waals surface area contributed by atoms with Gasteiger partial charge in [0.05, 0.1) is 0 Å². The number of aliphatic carboxylic acids is 1. The maximum atomic E-state index is 12.7. The molecule has 0 fully saturated rings.